The van der Waals surface area contributed by atoms with E-state index in [4.69, 9.17) is 14.3 Å². The van der Waals surface area contributed by atoms with Crippen LogP contribution < -0.4 is 10.1 Å². The van der Waals surface area contributed by atoms with E-state index in [1.54, 1.807) is 6.26 Å². The second-order valence-corrected chi connectivity index (χ2v) is 8.72. The molecule has 1 aliphatic rings. The Morgan fingerprint density at radius 3 is 2.54 bits per heavy atom. The summed E-state index contributed by atoms with van der Waals surface area (Å²) in [5, 5.41) is 8.04. The van der Waals surface area contributed by atoms with Gasteiger partial charge in [0.25, 0.3) is 0 Å². The molecule has 0 spiro atoms. The molecule has 3 aromatic heterocycles. The molecule has 1 saturated heterocycles. The predicted octanol–water partition coefficient (Wildman–Crippen LogP) is 5.87. The molecule has 0 saturated carbocycles. The summed E-state index contributed by atoms with van der Waals surface area (Å²) in [5.74, 6) is 2.25. The molecule has 0 radical (unpaired) electrons. The van der Waals surface area contributed by atoms with Gasteiger partial charge in [-0.25, -0.2) is 4.52 Å². The summed E-state index contributed by atoms with van der Waals surface area (Å²) in [6, 6.07) is 26.0. The molecule has 7 heteroatoms. The van der Waals surface area contributed by atoms with E-state index in [2.05, 4.69) is 27.3 Å². The first-order chi connectivity index (χ1) is 17.3. The van der Waals surface area contributed by atoms with Crippen molar-refractivity contribution in [2.45, 2.75) is 12.8 Å². The fourth-order valence-electron chi connectivity index (χ4n) is 4.51. The van der Waals surface area contributed by atoms with Gasteiger partial charge in [0, 0.05) is 23.4 Å². The molecule has 0 aliphatic carbocycles. The van der Waals surface area contributed by atoms with Crippen molar-refractivity contribution >= 4 is 17.3 Å². The van der Waals surface area contributed by atoms with Crippen LogP contribution >= 0.6 is 0 Å². The van der Waals surface area contributed by atoms with E-state index in [1.807, 2.05) is 71.2 Å². The van der Waals surface area contributed by atoms with Crippen molar-refractivity contribution in [3.8, 4) is 28.3 Å². The van der Waals surface area contributed by atoms with Crippen LogP contribution in [0.3, 0.4) is 0 Å². The van der Waals surface area contributed by atoms with Crippen molar-refractivity contribution in [1.29, 1.82) is 0 Å². The number of ether oxygens (including phenoxy) is 1. The number of hydrogen-bond donors (Lipinski definition) is 1. The third-order valence-electron chi connectivity index (χ3n) is 6.31. The van der Waals surface area contributed by atoms with Gasteiger partial charge < -0.3 is 14.5 Å². The minimum atomic E-state index is 0.544. The number of nitrogens with one attached hydrogen (secondary N) is 1. The monoisotopic (exact) mass is 465 g/mol. The van der Waals surface area contributed by atoms with Crippen LogP contribution in [-0.4, -0.2) is 45.7 Å². The number of pyridine rings is 1. The van der Waals surface area contributed by atoms with Crippen molar-refractivity contribution in [2.24, 2.45) is 0 Å². The SMILES string of the molecule is c1cc(-c2ccco2)cc(-c2cccc3nc(Nc4ccc(OCCN5CCCC5)cc4)nn23)c1. The molecule has 0 unspecified atom stereocenters. The van der Waals surface area contributed by atoms with Crippen LogP contribution in [0.4, 0.5) is 11.6 Å². The highest BCUT2D eigenvalue weighted by Crippen LogP contribution is 2.27. The molecule has 35 heavy (non-hydrogen) atoms. The Morgan fingerprint density at radius 1 is 0.886 bits per heavy atom. The summed E-state index contributed by atoms with van der Waals surface area (Å²) < 4.78 is 13.3. The molecular weight excluding hydrogens is 438 g/mol. The second-order valence-electron chi connectivity index (χ2n) is 8.72. The van der Waals surface area contributed by atoms with Crippen LogP contribution in [0.25, 0.3) is 28.2 Å². The summed E-state index contributed by atoms with van der Waals surface area (Å²) in [6.07, 6.45) is 4.29. The third-order valence-corrected chi connectivity index (χ3v) is 6.31. The summed E-state index contributed by atoms with van der Waals surface area (Å²) in [7, 11) is 0. The van der Waals surface area contributed by atoms with Gasteiger partial charge in [-0.05, 0) is 80.5 Å². The normalized spacial score (nSPS) is 13.9. The molecule has 1 fully saturated rings. The smallest absolute Gasteiger partial charge is 0.247 e. The van der Waals surface area contributed by atoms with Crippen LogP contribution in [0, 0.1) is 0 Å². The standard InChI is InChI=1S/C28H27N5O2/c1-2-16-32(15-1)17-19-34-24-13-11-23(12-14-24)29-28-30-27-10-4-8-25(33(27)31-28)21-6-3-7-22(20-21)26-9-5-18-35-26/h3-14,18,20H,1-2,15-17,19H2,(H,29,31). The lowest BCUT2D eigenvalue weighted by Gasteiger charge is -2.15. The average molecular weight is 466 g/mol. The summed E-state index contributed by atoms with van der Waals surface area (Å²) in [6.45, 7) is 4.08. The maximum Gasteiger partial charge on any atom is 0.247 e. The number of fused-ring (bicyclic) bond motifs is 1. The van der Waals surface area contributed by atoms with Crippen molar-refractivity contribution < 1.29 is 9.15 Å². The van der Waals surface area contributed by atoms with E-state index in [0.717, 1.165) is 46.2 Å². The van der Waals surface area contributed by atoms with E-state index in [0.29, 0.717) is 12.6 Å². The number of anilines is 2. The van der Waals surface area contributed by atoms with Gasteiger partial charge in [0.05, 0.1) is 12.0 Å². The first kappa shape index (κ1) is 21.4. The zero-order valence-electron chi connectivity index (χ0n) is 19.4. The summed E-state index contributed by atoms with van der Waals surface area (Å²) in [5.41, 5.74) is 4.70. The van der Waals surface area contributed by atoms with Crippen molar-refractivity contribution in [1.82, 2.24) is 19.5 Å². The zero-order valence-corrected chi connectivity index (χ0v) is 19.4. The molecule has 7 nitrogen and oxygen atoms in total. The van der Waals surface area contributed by atoms with E-state index in [-0.39, 0.29) is 0 Å². The summed E-state index contributed by atoms with van der Waals surface area (Å²) in [4.78, 5) is 7.12. The molecular formula is C28H27N5O2. The lowest BCUT2D eigenvalue weighted by atomic mass is 10.1. The Labute approximate surface area is 204 Å². The van der Waals surface area contributed by atoms with Crippen LogP contribution in [0.2, 0.25) is 0 Å². The first-order valence-electron chi connectivity index (χ1n) is 12.0. The quantitative estimate of drug-likeness (QED) is 0.309. The second kappa shape index (κ2) is 9.64. The van der Waals surface area contributed by atoms with Gasteiger partial charge in [-0.3, -0.25) is 4.90 Å². The molecule has 0 amide bonds. The van der Waals surface area contributed by atoms with Gasteiger partial charge in [-0.1, -0.05) is 24.3 Å². The van der Waals surface area contributed by atoms with Crippen molar-refractivity contribution in [2.75, 3.05) is 31.6 Å². The van der Waals surface area contributed by atoms with Crippen LogP contribution in [-0.2, 0) is 0 Å². The molecule has 176 valence electrons. The van der Waals surface area contributed by atoms with E-state index < -0.39 is 0 Å². The van der Waals surface area contributed by atoms with Gasteiger partial charge in [0.1, 0.15) is 18.1 Å². The van der Waals surface area contributed by atoms with E-state index in [9.17, 15) is 0 Å². The van der Waals surface area contributed by atoms with Gasteiger partial charge in [-0.2, -0.15) is 4.98 Å². The summed E-state index contributed by atoms with van der Waals surface area (Å²) >= 11 is 0. The van der Waals surface area contributed by atoms with Gasteiger partial charge >= 0.3 is 0 Å². The van der Waals surface area contributed by atoms with Crippen molar-refractivity contribution in [3.05, 3.63) is 85.1 Å². The topological polar surface area (TPSA) is 67.8 Å². The zero-order chi connectivity index (χ0) is 23.5. The molecule has 1 N–H and O–H groups in total. The largest absolute Gasteiger partial charge is 0.492 e. The Bertz CT molecular complexity index is 1400. The van der Waals surface area contributed by atoms with Crippen molar-refractivity contribution in [3.63, 3.8) is 0 Å². The van der Waals surface area contributed by atoms with Crippen LogP contribution in [0.5, 0.6) is 5.75 Å². The highest BCUT2D eigenvalue weighted by Gasteiger charge is 2.12. The molecule has 2 aromatic carbocycles. The predicted molar refractivity (Wildman–Crippen MR) is 137 cm³/mol. The lowest BCUT2D eigenvalue weighted by molar-refractivity contribution is 0.238. The molecule has 0 bridgehead atoms. The maximum absolute atomic E-state index is 5.91. The fraction of sp³-hybridized carbons (Fsp3) is 0.214. The molecule has 0 atom stereocenters. The Hall–Kier alpha value is -4.10. The van der Waals surface area contributed by atoms with Gasteiger partial charge in [0.15, 0.2) is 5.65 Å². The van der Waals surface area contributed by atoms with E-state index >= 15 is 0 Å². The number of nitrogens with zero attached hydrogens (tertiary/aromatic N) is 4. The van der Waals surface area contributed by atoms with Gasteiger partial charge in [-0.15, -0.1) is 5.10 Å². The van der Waals surface area contributed by atoms with E-state index in [1.165, 1.54) is 25.9 Å². The minimum absolute atomic E-state index is 0.544. The molecule has 1 aliphatic heterocycles. The maximum atomic E-state index is 5.91. The highest BCUT2D eigenvalue weighted by molar-refractivity contribution is 5.70. The highest BCUT2D eigenvalue weighted by atomic mass is 16.5. The Morgan fingerprint density at radius 2 is 1.71 bits per heavy atom. The number of likely N-dealkylation sites (tertiary alicyclic amines) is 1. The third kappa shape index (κ3) is 4.76. The minimum Gasteiger partial charge on any atom is -0.492 e. The van der Waals surface area contributed by atoms with Gasteiger partial charge in [0.2, 0.25) is 5.95 Å². The lowest BCUT2D eigenvalue weighted by Crippen LogP contribution is -2.25. The Balaban J connectivity index is 1.17. The number of hydrogen-bond acceptors (Lipinski definition) is 6. The fourth-order valence-corrected chi connectivity index (χ4v) is 4.51. The van der Waals surface area contributed by atoms with Crippen LogP contribution in [0.1, 0.15) is 12.8 Å². The first-order valence-corrected chi connectivity index (χ1v) is 12.0. The molecule has 6 rings (SSSR count). The Kier molecular flexibility index (Phi) is 5.90. The number of furan rings is 1. The number of benzene rings is 2. The average Bonchev–Trinajstić information content (AvgIpc) is 3.67. The number of aromatic nitrogens is 3. The molecule has 4 heterocycles. The molecule has 5 aromatic rings. The number of rotatable bonds is 8. The van der Waals surface area contributed by atoms with Crippen LogP contribution in [0.15, 0.2) is 89.5 Å².